The zero-order valence-corrected chi connectivity index (χ0v) is 20.3. The van der Waals surface area contributed by atoms with Gasteiger partial charge in [-0.15, -0.1) is 0 Å². The molecule has 1 aliphatic heterocycles. The second kappa shape index (κ2) is 11.8. The number of carbonyl (C=O) groups excluding carboxylic acids is 1. The minimum absolute atomic E-state index is 0.0310. The van der Waals surface area contributed by atoms with E-state index in [1.807, 2.05) is 24.3 Å². The summed E-state index contributed by atoms with van der Waals surface area (Å²) in [5.41, 5.74) is 4.79. The number of aryl methyl sites for hydroxylation is 1. The summed E-state index contributed by atoms with van der Waals surface area (Å²) in [6.07, 6.45) is 2.63. The molecule has 7 heteroatoms. The molecule has 2 aromatic carbocycles. The number of ether oxygens (including phenoxy) is 3. The van der Waals surface area contributed by atoms with Gasteiger partial charge in [-0.3, -0.25) is 9.78 Å². The molecule has 1 N–H and O–H groups in total. The minimum Gasteiger partial charge on any atom is -0.493 e. The van der Waals surface area contributed by atoms with Crippen molar-refractivity contribution in [2.45, 2.75) is 32.5 Å². The van der Waals surface area contributed by atoms with Gasteiger partial charge in [0.1, 0.15) is 12.3 Å². The molecule has 0 saturated carbocycles. The van der Waals surface area contributed by atoms with E-state index in [0.717, 1.165) is 23.1 Å². The van der Waals surface area contributed by atoms with Crippen molar-refractivity contribution >= 4 is 5.91 Å². The van der Waals surface area contributed by atoms with Gasteiger partial charge in [0.15, 0.2) is 11.5 Å². The molecule has 0 atom stereocenters. The van der Waals surface area contributed by atoms with Crippen LogP contribution in [-0.4, -0.2) is 54.3 Å². The van der Waals surface area contributed by atoms with E-state index in [2.05, 4.69) is 36.2 Å². The summed E-state index contributed by atoms with van der Waals surface area (Å²) in [5.74, 6) is 1.54. The lowest BCUT2D eigenvalue weighted by molar-refractivity contribution is 0.0594. The number of methoxy groups -OCH3 is 1. The van der Waals surface area contributed by atoms with Crippen LogP contribution in [0.4, 0.5) is 0 Å². The Labute approximate surface area is 206 Å². The van der Waals surface area contributed by atoms with Crippen molar-refractivity contribution in [2.75, 3.05) is 33.4 Å². The Hall–Kier alpha value is -3.42. The Morgan fingerprint density at radius 2 is 1.77 bits per heavy atom. The summed E-state index contributed by atoms with van der Waals surface area (Å²) in [7, 11) is 1.64. The maximum absolute atomic E-state index is 12.9. The van der Waals surface area contributed by atoms with Crippen molar-refractivity contribution in [2.24, 2.45) is 0 Å². The second-order valence-corrected chi connectivity index (χ2v) is 8.60. The average molecular weight is 477 g/mol. The van der Waals surface area contributed by atoms with Crippen LogP contribution >= 0.6 is 0 Å². The summed E-state index contributed by atoms with van der Waals surface area (Å²) in [5, 5.41) is 8.84. The third kappa shape index (κ3) is 6.18. The van der Waals surface area contributed by atoms with Crippen molar-refractivity contribution < 1.29 is 24.1 Å². The number of amides is 1. The van der Waals surface area contributed by atoms with E-state index in [1.165, 1.54) is 5.56 Å². The molecule has 0 bridgehead atoms. The number of rotatable bonds is 11. The van der Waals surface area contributed by atoms with Crippen LogP contribution in [0, 0.1) is 0 Å². The highest BCUT2D eigenvalue weighted by Gasteiger charge is 2.33. The van der Waals surface area contributed by atoms with Crippen LogP contribution in [-0.2, 0) is 24.4 Å². The predicted molar refractivity (Wildman–Crippen MR) is 133 cm³/mol. The quantitative estimate of drug-likeness (QED) is 0.422. The van der Waals surface area contributed by atoms with Crippen LogP contribution in [0.15, 0.2) is 60.8 Å². The van der Waals surface area contributed by atoms with Crippen LogP contribution in [0.5, 0.6) is 11.5 Å². The number of aliphatic hydroxyl groups is 1. The predicted octanol–water partition coefficient (Wildman–Crippen LogP) is 3.98. The summed E-state index contributed by atoms with van der Waals surface area (Å²) < 4.78 is 16.9. The zero-order valence-electron chi connectivity index (χ0n) is 20.3. The van der Waals surface area contributed by atoms with Gasteiger partial charge in [-0.2, -0.15) is 0 Å². The van der Waals surface area contributed by atoms with E-state index < -0.39 is 0 Å². The highest BCUT2D eigenvalue weighted by atomic mass is 16.5. The van der Waals surface area contributed by atoms with Crippen LogP contribution in [0.1, 0.15) is 45.6 Å². The van der Waals surface area contributed by atoms with E-state index in [-0.39, 0.29) is 25.0 Å². The molecule has 184 valence electrons. The number of nitrogens with zero attached hydrogens (tertiary/aromatic N) is 2. The fourth-order valence-electron chi connectivity index (χ4n) is 4.04. The van der Waals surface area contributed by atoms with E-state index in [4.69, 9.17) is 19.3 Å². The molecule has 1 aromatic heterocycles. The number of likely N-dealkylation sites (tertiary alicyclic amines) is 1. The Balaban J connectivity index is 1.33. The Morgan fingerprint density at radius 1 is 1.00 bits per heavy atom. The molecule has 0 unspecified atom stereocenters. The van der Waals surface area contributed by atoms with E-state index in [0.29, 0.717) is 43.5 Å². The number of hydrogen-bond donors (Lipinski definition) is 1. The molecule has 0 radical (unpaired) electrons. The number of hydrogen-bond acceptors (Lipinski definition) is 6. The van der Waals surface area contributed by atoms with Gasteiger partial charge in [0.2, 0.25) is 0 Å². The summed E-state index contributed by atoms with van der Waals surface area (Å²) in [6, 6.07) is 18.0. The maximum atomic E-state index is 12.9. The Morgan fingerprint density at radius 3 is 2.49 bits per heavy atom. The van der Waals surface area contributed by atoms with Crippen molar-refractivity contribution in [3.05, 3.63) is 88.7 Å². The molecule has 1 amide bonds. The first-order chi connectivity index (χ1) is 17.1. The topological polar surface area (TPSA) is 81.1 Å². The van der Waals surface area contributed by atoms with Gasteiger partial charge in [-0.05, 0) is 52.9 Å². The molecule has 35 heavy (non-hydrogen) atoms. The van der Waals surface area contributed by atoms with Crippen molar-refractivity contribution in [1.29, 1.82) is 0 Å². The smallest absolute Gasteiger partial charge is 0.272 e. The van der Waals surface area contributed by atoms with Crippen LogP contribution < -0.4 is 9.47 Å². The molecule has 3 aromatic rings. The Bertz CT molecular complexity index is 1130. The van der Waals surface area contributed by atoms with E-state index in [1.54, 1.807) is 24.3 Å². The molecular formula is C28H32N2O5. The molecule has 4 rings (SSSR count). The molecular weight excluding hydrogens is 444 g/mol. The summed E-state index contributed by atoms with van der Waals surface area (Å²) in [4.78, 5) is 18.9. The normalized spacial score (nSPS) is 13.4. The molecule has 0 spiro atoms. The van der Waals surface area contributed by atoms with Crippen molar-refractivity contribution in [3.8, 4) is 11.5 Å². The highest BCUT2D eigenvalue weighted by molar-refractivity contribution is 5.93. The lowest BCUT2D eigenvalue weighted by Crippen LogP contribution is -2.48. The molecule has 7 nitrogen and oxygen atoms in total. The molecule has 1 aliphatic rings. The fourth-order valence-corrected chi connectivity index (χ4v) is 4.04. The van der Waals surface area contributed by atoms with E-state index in [9.17, 15) is 4.79 Å². The first-order valence-corrected chi connectivity index (χ1v) is 11.9. The number of aliphatic hydroxyl groups excluding tert-OH is 1. The first-order valence-electron chi connectivity index (χ1n) is 11.9. The van der Waals surface area contributed by atoms with Gasteiger partial charge < -0.3 is 24.2 Å². The number of benzene rings is 2. The number of pyridine rings is 1. The highest BCUT2D eigenvalue weighted by Crippen LogP contribution is 2.35. The molecule has 1 fully saturated rings. The van der Waals surface area contributed by atoms with Crippen LogP contribution in [0.3, 0.4) is 0 Å². The standard InChI is InChI=1S/C28H32N2O5/c1-3-20-4-6-21(7-5-20)19-35-26-9-8-23(15-27(26)33-2)24-16-30(17-24)28(32)25-14-22(10-11-29-25)18-34-13-12-31/h4-11,14-15,24,31H,3,12-13,16-19H2,1-2H3. The van der Waals surface area contributed by atoms with Gasteiger partial charge in [-0.1, -0.05) is 37.3 Å². The number of carbonyl (C=O) groups is 1. The fraction of sp³-hybridized carbons (Fsp3) is 0.357. The largest absolute Gasteiger partial charge is 0.493 e. The SMILES string of the molecule is CCc1ccc(COc2ccc(C3CN(C(=O)c4cc(COCCO)ccn4)C3)cc2OC)cc1. The summed E-state index contributed by atoms with van der Waals surface area (Å²) >= 11 is 0. The minimum atomic E-state index is -0.0914. The first kappa shape index (κ1) is 24.7. The second-order valence-electron chi connectivity index (χ2n) is 8.60. The third-order valence-corrected chi connectivity index (χ3v) is 6.20. The van der Waals surface area contributed by atoms with Gasteiger partial charge >= 0.3 is 0 Å². The zero-order chi connectivity index (χ0) is 24.6. The van der Waals surface area contributed by atoms with Crippen LogP contribution in [0.2, 0.25) is 0 Å². The maximum Gasteiger partial charge on any atom is 0.272 e. The van der Waals surface area contributed by atoms with Crippen LogP contribution in [0.25, 0.3) is 0 Å². The van der Waals surface area contributed by atoms with Gasteiger partial charge in [-0.25, -0.2) is 0 Å². The van der Waals surface area contributed by atoms with Gasteiger partial charge in [0, 0.05) is 25.2 Å². The van der Waals surface area contributed by atoms with Gasteiger partial charge in [0.25, 0.3) is 5.91 Å². The van der Waals surface area contributed by atoms with Gasteiger partial charge in [0.05, 0.1) is 26.9 Å². The molecule has 0 aliphatic carbocycles. The van der Waals surface area contributed by atoms with E-state index >= 15 is 0 Å². The Kier molecular flexibility index (Phi) is 8.34. The average Bonchev–Trinajstić information content (AvgIpc) is 2.87. The summed E-state index contributed by atoms with van der Waals surface area (Å²) in [6.45, 7) is 4.43. The monoisotopic (exact) mass is 476 g/mol. The lowest BCUT2D eigenvalue weighted by Gasteiger charge is -2.39. The molecule has 1 saturated heterocycles. The number of aromatic nitrogens is 1. The third-order valence-electron chi connectivity index (χ3n) is 6.20. The molecule has 2 heterocycles. The lowest BCUT2D eigenvalue weighted by atomic mass is 9.91. The van der Waals surface area contributed by atoms with Crippen molar-refractivity contribution in [3.63, 3.8) is 0 Å². The van der Waals surface area contributed by atoms with Crippen molar-refractivity contribution in [1.82, 2.24) is 9.88 Å².